The van der Waals surface area contributed by atoms with Crippen molar-refractivity contribution in [2.45, 2.75) is 77.5 Å². The van der Waals surface area contributed by atoms with Crippen LogP contribution in [-0.2, 0) is 35.3 Å². The van der Waals surface area contributed by atoms with Gasteiger partial charge in [0, 0.05) is 36.0 Å². The third-order valence-corrected chi connectivity index (χ3v) is 6.65. The molecule has 36 heavy (non-hydrogen) atoms. The second-order valence-electron chi connectivity index (χ2n) is 10.7. The molecule has 0 radical (unpaired) electrons. The molecule has 1 atom stereocenters. The van der Waals surface area contributed by atoms with Crippen LogP contribution in [0.3, 0.4) is 0 Å². The van der Waals surface area contributed by atoms with E-state index in [1.165, 1.54) is 27.6 Å². The molecular weight excluding hydrogens is 452 g/mol. The summed E-state index contributed by atoms with van der Waals surface area (Å²) in [7, 11) is 0. The minimum absolute atomic E-state index is 0.0667. The van der Waals surface area contributed by atoms with Crippen molar-refractivity contribution >= 4 is 17.0 Å². The van der Waals surface area contributed by atoms with Gasteiger partial charge in [-0.3, -0.25) is 4.98 Å². The Hall–Kier alpha value is -2.90. The van der Waals surface area contributed by atoms with Crippen LogP contribution in [0.15, 0.2) is 42.9 Å². The van der Waals surface area contributed by atoms with E-state index in [-0.39, 0.29) is 12.1 Å². The Morgan fingerprint density at radius 2 is 2.00 bits per heavy atom. The Labute approximate surface area is 214 Å². The Balaban J connectivity index is 1.26. The van der Waals surface area contributed by atoms with Gasteiger partial charge in [-0.1, -0.05) is 24.3 Å². The van der Waals surface area contributed by atoms with E-state index in [9.17, 15) is 4.79 Å². The summed E-state index contributed by atoms with van der Waals surface area (Å²) in [5.74, 6) is 0. The van der Waals surface area contributed by atoms with Gasteiger partial charge in [0.05, 0.1) is 19.3 Å². The van der Waals surface area contributed by atoms with Crippen LogP contribution in [0.1, 0.15) is 62.3 Å². The first-order chi connectivity index (χ1) is 17.3. The molecule has 1 aliphatic rings. The molecular formula is C29H40N4O3. The summed E-state index contributed by atoms with van der Waals surface area (Å²) in [4.78, 5) is 22.2. The molecule has 3 N–H and O–H groups in total. The summed E-state index contributed by atoms with van der Waals surface area (Å²) in [6, 6.07) is 8.77. The number of nitrogens with one attached hydrogen (secondary N) is 1. The summed E-state index contributed by atoms with van der Waals surface area (Å²) in [5.41, 5.74) is 11.4. The number of aromatic amines is 1. The quantitative estimate of drug-likeness (QED) is 0.408. The number of nitrogens with two attached hydrogens (primary N) is 1. The van der Waals surface area contributed by atoms with Crippen LogP contribution in [0.2, 0.25) is 0 Å². The smallest absolute Gasteiger partial charge is 0.410 e. The fourth-order valence-electron chi connectivity index (χ4n) is 4.97. The van der Waals surface area contributed by atoms with E-state index >= 15 is 0 Å². The van der Waals surface area contributed by atoms with Gasteiger partial charge in [0.25, 0.3) is 0 Å². The zero-order chi connectivity index (χ0) is 25.5. The summed E-state index contributed by atoms with van der Waals surface area (Å²) >= 11 is 0. The summed E-state index contributed by atoms with van der Waals surface area (Å²) in [6.07, 6.45) is 11.5. The van der Waals surface area contributed by atoms with Crippen LogP contribution in [0, 0.1) is 0 Å². The Kier molecular flexibility index (Phi) is 8.64. The van der Waals surface area contributed by atoms with E-state index < -0.39 is 5.60 Å². The molecule has 1 unspecified atom stereocenters. The van der Waals surface area contributed by atoms with Crippen molar-refractivity contribution < 1.29 is 14.3 Å². The van der Waals surface area contributed by atoms with E-state index in [1.54, 1.807) is 0 Å². The van der Waals surface area contributed by atoms with Crippen LogP contribution < -0.4 is 5.73 Å². The standard InChI is InChI=1S/C29H40N4O3/c1-29(2,3)36-28(34)33-14-6-10-25(33)20-35-19-22-15-21(16-31-17-22)7-4-8-23-9-5-11-26-24(12-13-30)18-32-27(23)26/h5,9,11,15-18,25,32H,4,6-8,10,12-14,19-20,30H2,1-3H3. The molecule has 0 aliphatic carbocycles. The molecule has 4 rings (SSSR count). The average Bonchev–Trinajstić information content (AvgIpc) is 3.47. The van der Waals surface area contributed by atoms with Crippen molar-refractivity contribution in [1.82, 2.24) is 14.9 Å². The van der Waals surface area contributed by atoms with Crippen LogP contribution in [0.4, 0.5) is 4.79 Å². The van der Waals surface area contributed by atoms with E-state index in [4.69, 9.17) is 15.2 Å². The largest absolute Gasteiger partial charge is 0.444 e. The number of likely N-dealkylation sites (tertiary alicyclic amines) is 1. The first-order valence-corrected chi connectivity index (χ1v) is 13.1. The molecule has 0 bridgehead atoms. The lowest BCUT2D eigenvalue weighted by Gasteiger charge is -2.28. The lowest BCUT2D eigenvalue weighted by Crippen LogP contribution is -2.41. The van der Waals surface area contributed by atoms with E-state index in [0.717, 1.165) is 50.6 Å². The number of nitrogens with zero attached hydrogens (tertiary/aromatic N) is 2. The van der Waals surface area contributed by atoms with Crippen molar-refractivity contribution in [2.24, 2.45) is 5.73 Å². The summed E-state index contributed by atoms with van der Waals surface area (Å²) in [6.45, 7) is 8.07. The van der Waals surface area contributed by atoms with Crippen LogP contribution >= 0.6 is 0 Å². The van der Waals surface area contributed by atoms with Crippen molar-refractivity contribution in [2.75, 3.05) is 19.7 Å². The predicted octanol–water partition coefficient (Wildman–Crippen LogP) is 5.16. The van der Waals surface area contributed by atoms with Gasteiger partial charge in [0.1, 0.15) is 5.60 Å². The normalized spacial score (nSPS) is 16.1. The number of hydrogen-bond donors (Lipinski definition) is 2. The molecule has 3 aromatic rings. The van der Waals surface area contributed by atoms with Gasteiger partial charge in [0.15, 0.2) is 0 Å². The summed E-state index contributed by atoms with van der Waals surface area (Å²) < 4.78 is 11.6. The molecule has 194 valence electrons. The highest BCUT2D eigenvalue weighted by Gasteiger charge is 2.32. The number of H-pyrrole nitrogens is 1. The molecule has 0 saturated carbocycles. The van der Waals surface area contributed by atoms with Crippen LogP contribution in [-0.4, -0.2) is 52.3 Å². The zero-order valence-electron chi connectivity index (χ0n) is 21.9. The van der Waals surface area contributed by atoms with E-state index in [1.807, 2.05) is 38.1 Å². The number of hydrogen-bond acceptors (Lipinski definition) is 5. The summed E-state index contributed by atoms with van der Waals surface area (Å²) in [5, 5.41) is 1.28. The van der Waals surface area contributed by atoms with Gasteiger partial charge in [0.2, 0.25) is 0 Å². The van der Waals surface area contributed by atoms with E-state index in [0.29, 0.717) is 19.8 Å². The van der Waals surface area contributed by atoms with Gasteiger partial charge in [-0.25, -0.2) is 4.79 Å². The molecule has 1 fully saturated rings. The molecule has 1 amide bonds. The maximum atomic E-state index is 12.5. The maximum Gasteiger partial charge on any atom is 0.410 e. The topological polar surface area (TPSA) is 93.5 Å². The van der Waals surface area contributed by atoms with Crippen molar-refractivity contribution in [1.29, 1.82) is 0 Å². The average molecular weight is 493 g/mol. The number of benzene rings is 1. The number of carbonyl (C=O) groups is 1. The number of carbonyl (C=O) groups excluding carboxylic acids is 1. The highest BCUT2D eigenvalue weighted by atomic mass is 16.6. The number of rotatable bonds is 10. The zero-order valence-corrected chi connectivity index (χ0v) is 21.9. The number of fused-ring (bicyclic) bond motifs is 1. The minimum atomic E-state index is -0.488. The number of ether oxygens (including phenoxy) is 2. The first kappa shape index (κ1) is 26.2. The molecule has 1 saturated heterocycles. The highest BCUT2D eigenvalue weighted by Crippen LogP contribution is 2.24. The number of aryl methyl sites for hydroxylation is 2. The van der Waals surface area contributed by atoms with Gasteiger partial charge in [-0.15, -0.1) is 0 Å². The minimum Gasteiger partial charge on any atom is -0.444 e. The molecule has 1 aromatic carbocycles. The number of pyridine rings is 1. The first-order valence-electron chi connectivity index (χ1n) is 13.1. The van der Waals surface area contributed by atoms with Gasteiger partial charge in [-0.2, -0.15) is 0 Å². The number of amides is 1. The third-order valence-electron chi connectivity index (χ3n) is 6.65. The maximum absolute atomic E-state index is 12.5. The fraction of sp³-hybridized carbons (Fsp3) is 0.517. The lowest BCUT2D eigenvalue weighted by molar-refractivity contribution is 0.00880. The second-order valence-corrected chi connectivity index (χ2v) is 10.7. The third kappa shape index (κ3) is 6.86. The molecule has 1 aliphatic heterocycles. The van der Waals surface area contributed by atoms with Gasteiger partial charge < -0.3 is 25.1 Å². The van der Waals surface area contributed by atoms with Crippen molar-refractivity contribution in [3.63, 3.8) is 0 Å². The van der Waals surface area contributed by atoms with Crippen molar-refractivity contribution in [3.8, 4) is 0 Å². The number of para-hydroxylation sites is 1. The molecule has 7 heteroatoms. The molecule has 2 aromatic heterocycles. The van der Waals surface area contributed by atoms with E-state index in [2.05, 4.69) is 40.4 Å². The molecule has 7 nitrogen and oxygen atoms in total. The van der Waals surface area contributed by atoms with Crippen molar-refractivity contribution in [3.05, 3.63) is 65.1 Å². The molecule has 0 spiro atoms. The Morgan fingerprint density at radius 1 is 1.17 bits per heavy atom. The lowest BCUT2D eigenvalue weighted by atomic mass is 10.0. The monoisotopic (exact) mass is 492 g/mol. The number of aromatic nitrogens is 2. The second kappa shape index (κ2) is 11.9. The fourth-order valence-corrected chi connectivity index (χ4v) is 4.97. The predicted molar refractivity (Wildman–Crippen MR) is 143 cm³/mol. The van der Waals surface area contributed by atoms with Crippen LogP contribution in [0.5, 0.6) is 0 Å². The Bertz CT molecular complexity index is 1150. The SMILES string of the molecule is CC(C)(C)OC(=O)N1CCCC1COCc1cncc(CCCc2cccc3c(CCN)c[nH]c23)c1. The Morgan fingerprint density at radius 3 is 2.81 bits per heavy atom. The van der Waals surface area contributed by atoms with Crippen LogP contribution in [0.25, 0.3) is 10.9 Å². The van der Waals surface area contributed by atoms with Gasteiger partial charge >= 0.3 is 6.09 Å². The molecule has 3 heterocycles. The highest BCUT2D eigenvalue weighted by molar-refractivity contribution is 5.86. The van der Waals surface area contributed by atoms with Gasteiger partial charge in [-0.05, 0) is 88.1 Å².